The van der Waals surface area contributed by atoms with E-state index in [1.54, 1.807) is 0 Å². The number of amides is 1. The average Bonchev–Trinajstić information content (AvgIpc) is 2.76. The predicted octanol–water partition coefficient (Wildman–Crippen LogP) is 0.835. The van der Waals surface area contributed by atoms with Crippen LogP contribution in [0.4, 0.5) is 0 Å². The summed E-state index contributed by atoms with van der Waals surface area (Å²) in [6.45, 7) is 8.91. The molecule has 1 aliphatic rings. The van der Waals surface area contributed by atoms with Gasteiger partial charge in [-0.3, -0.25) is 14.5 Å². The van der Waals surface area contributed by atoms with Crippen LogP contribution >= 0.6 is 0 Å². The standard InChI is InChI=1S/C17H27N3O3/c1-13-15(14(2)19(3)16(13)12-21)4-5-17(22)18-6-7-20-8-10-23-11-9-20/h12H,4-11H2,1-3H3,(H,18,22). The van der Waals surface area contributed by atoms with Crippen molar-refractivity contribution < 1.29 is 14.3 Å². The largest absolute Gasteiger partial charge is 0.379 e. The fourth-order valence-electron chi connectivity index (χ4n) is 3.10. The highest BCUT2D eigenvalue weighted by Crippen LogP contribution is 2.21. The van der Waals surface area contributed by atoms with Gasteiger partial charge >= 0.3 is 0 Å². The molecule has 6 heteroatoms. The molecule has 1 N–H and O–H groups in total. The molecule has 2 rings (SSSR count). The molecule has 0 aromatic carbocycles. The van der Waals surface area contributed by atoms with Crippen molar-refractivity contribution in [3.63, 3.8) is 0 Å². The van der Waals surface area contributed by atoms with Crippen molar-refractivity contribution in [1.29, 1.82) is 0 Å². The summed E-state index contributed by atoms with van der Waals surface area (Å²) in [6.07, 6.45) is 2.00. The highest BCUT2D eigenvalue weighted by molar-refractivity contribution is 5.78. The summed E-state index contributed by atoms with van der Waals surface area (Å²) in [4.78, 5) is 25.4. The topological polar surface area (TPSA) is 63.6 Å². The van der Waals surface area contributed by atoms with Gasteiger partial charge in [0, 0.05) is 45.3 Å². The summed E-state index contributed by atoms with van der Waals surface area (Å²) in [7, 11) is 1.89. The van der Waals surface area contributed by atoms with Gasteiger partial charge < -0.3 is 14.6 Å². The van der Waals surface area contributed by atoms with E-state index in [-0.39, 0.29) is 5.91 Å². The highest BCUT2D eigenvalue weighted by atomic mass is 16.5. The van der Waals surface area contributed by atoms with Crippen LogP contribution in [0.2, 0.25) is 0 Å². The molecule has 1 saturated heterocycles. The van der Waals surface area contributed by atoms with Gasteiger partial charge in [-0.25, -0.2) is 0 Å². The number of hydrogen-bond donors (Lipinski definition) is 1. The third-order valence-electron chi connectivity index (χ3n) is 4.71. The maximum absolute atomic E-state index is 12.0. The number of rotatable bonds is 7. The molecule has 6 nitrogen and oxygen atoms in total. The second-order valence-corrected chi connectivity index (χ2v) is 6.06. The van der Waals surface area contributed by atoms with Gasteiger partial charge in [-0.2, -0.15) is 0 Å². The number of morpholine rings is 1. The molecule has 0 spiro atoms. The van der Waals surface area contributed by atoms with Gasteiger partial charge in [0.25, 0.3) is 0 Å². The quantitative estimate of drug-likeness (QED) is 0.756. The van der Waals surface area contributed by atoms with Crippen LogP contribution in [0, 0.1) is 13.8 Å². The van der Waals surface area contributed by atoms with Crippen LogP contribution in [0.5, 0.6) is 0 Å². The summed E-state index contributed by atoms with van der Waals surface area (Å²) in [5.74, 6) is 0.0635. The van der Waals surface area contributed by atoms with Crippen LogP contribution < -0.4 is 5.32 Å². The maximum Gasteiger partial charge on any atom is 0.220 e. The Kier molecular flexibility index (Phi) is 6.36. The van der Waals surface area contributed by atoms with E-state index in [1.165, 1.54) is 0 Å². The van der Waals surface area contributed by atoms with Crippen LogP contribution in [0.1, 0.15) is 33.7 Å². The first kappa shape index (κ1) is 17.7. The van der Waals surface area contributed by atoms with E-state index in [0.29, 0.717) is 25.1 Å². The minimum atomic E-state index is 0.0635. The molecular formula is C17H27N3O3. The lowest BCUT2D eigenvalue weighted by molar-refractivity contribution is -0.121. The Morgan fingerprint density at radius 1 is 1.30 bits per heavy atom. The second kappa shape index (κ2) is 8.26. The van der Waals surface area contributed by atoms with E-state index >= 15 is 0 Å². The number of nitrogens with zero attached hydrogens (tertiary/aromatic N) is 2. The van der Waals surface area contributed by atoms with Crippen molar-refractivity contribution in [3.8, 4) is 0 Å². The van der Waals surface area contributed by atoms with E-state index in [9.17, 15) is 9.59 Å². The summed E-state index contributed by atoms with van der Waals surface area (Å²) < 4.78 is 7.20. The molecule has 23 heavy (non-hydrogen) atoms. The zero-order chi connectivity index (χ0) is 16.8. The fraction of sp³-hybridized carbons (Fsp3) is 0.647. The number of aldehydes is 1. The Bertz CT molecular complexity index is 560. The Balaban J connectivity index is 1.77. The molecule has 0 unspecified atom stereocenters. The van der Waals surface area contributed by atoms with E-state index in [1.807, 2.05) is 25.5 Å². The van der Waals surface area contributed by atoms with Gasteiger partial charge in [-0.05, 0) is 31.4 Å². The molecule has 128 valence electrons. The smallest absolute Gasteiger partial charge is 0.220 e. The third-order valence-corrected chi connectivity index (χ3v) is 4.71. The van der Waals surface area contributed by atoms with E-state index in [2.05, 4.69) is 10.2 Å². The molecule has 1 fully saturated rings. The van der Waals surface area contributed by atoms with Crippen LogP contribution in [0.3, 0.4) is 0 Å². The molecule has 0 atom stereocenters. The van der Waals surface area contributed by atoms with E-state index in [0.717, 1.165) is 56.0 Å². The zero-order valence-corrected chi connectivity index (χ0v) is 14.4. The number of hydrogen-bond acceptors (Lipinski definition) is 4. The molecule has 1 aliphatic heterocycles. The van der Waals surface area contributed by atoms with Gasteiger partial charge in [0.15, 0.2) is 6.29 Å². The molecule has 0 radical (unpaired) electrons. The van der Waals surface area contributed by atoms with Crippen molar-refractivity contribution in [2.75, 3.05) is 39.4 Å². The van der Waals surface area contributed by atoms with Gasteiger partial charge in [-0.15, -0.1) is 0 Å². The second-order valence-electron chi connectivity index (χ2n) is 6.06. The molecule has 1 aromatic rings. The molecule has 1 aromatic heterocycles. The lowest BCUT2D eigenvalue weighted by Crippen LogP contribution is -2.41. The molecule has 1 amide bonds. The lowest BCUT2D eigenvalue weighted by atomic mass is 10.0. The van der Waals surface area contributed by atoms with E-state index < -0.39 is 0 Å². The Morgan fingerprint density at radius 3 is 2.61 bits per heavy atom. The average molecular weight is 321 g/mol. The number of aromatic nitrogens is 1. The highest BCUT2D eigenvalue weighted by Gasteiger charge is 2.15. The van der Waals surface area contributed by atoms with Crippen LogP contribution in [-0.4, -0.2) is 61.1 Å². The van der Waals surface area contributed by atoms with Crippen molar-refractivity contribution in [3.05, 3.63) is 22.5 Å². The third kappa shape index (κ3) is 4.42. The van der Waals surface area contributed by atoms with Crippen LogP contribution in [0.25, 0.3) is 0 Å². The summed E-state index contributed by atoms with van der Waals surface area (Å²) in [6, 6.07) is 0. The van der Waals surface area contributed by atoms with Crippen molar-refractivity contribution in [2.45, 2.75) is 26.7 Å². The van der Waals surface area contributed by atoms with Gasteiger partial charge in [-0.1, -0.05) is 0 Å². The lowest BCUT2D eigenvalue weighted by Gasteiger charge is -2.26. The molecule has 2 heterocycles. The summed E-state index contributed by atoms with van der Waals surface area (Å²) in [5, 5.41) is 2.98. The minimum Gasteiger partial charge on any atom is -0.379 e. The normalized spacial score (nSPS) is 15.6. The maximum atomic E-state index is 12.0. The predicted molar refractivity (Wildman–Crippen MR) is 88.9 cm³/mol. The monoisotopic (exact) mass is 321 g/mol. The number of carbonyl (C=O) groups is 2. The molecule has 0 saturated carbocycles. The molecular weight excluding hydrogens is 294 g/mol. The number of nitrogens with one attached hydrogen (secondary N) is 1. The summed E-state index contributed by atoms with van der Waals surface area (Å²) in [5.41, 5.74) is 3.86. The SMILES string of the molecule is Cc1c(CCC(=O)NCCN2CCOCC2)c(C)n(C)c1C=O. The fourth-order valence-corrected chi connectivity index (χ4v) is 3.10. The Hall–Kier alpha value is -1.66. The van der Waals surface area contributed by atoms with Crippen molar-refractivity contribution in [2.24, 2.45) is 7.05 Å². The van der Waals surface area contributed by atoms with Gasteiger partial charge in [0.1, 0.15) is 0 Å². The van der Waals surface area contributed by atoms with Crippen LogP contribution in [-0.2, 0) is 23.0 Å². The molecule has 0 aliphatic carbocycles. The van der Waals surface area contributed by atoms with Crippen LogP contribution in [0.15, 0.2) is 0 Å². The Morgan fingerprint density at radius 2 is 2.00 bits per heavy atom. The first-order valence-corrected chi connectivity index (χ1v) is 8.21. The minimum absolute atomic E-state index is 0.0635. The first-order chi connectivity index (χ1) is 11.0. The number of carbonyl (C=O) groups excluding carboxylic acids is 2. The molecule has 0 bridgehead atoms. The Labute approximate surface area is 137 Å². The van der Waals surface area contributed by atoms with Gasteiger partial charge in [0.2, 0.25) is 5.91 Å². The van der Waals surface area contributed by atoms with Crippen molar-refractivity contribution in [1.82, 2.24) is 14.8 Å². The number of ether oxygens (including phenoxy) is 1. The first-order valence-electron chi connectivity index (χ1n) is 8.21. The van der Waals surface area contributed by atoms with E-state index in [4.69, 9.17) is 4.74 Å². The van der Waals surface area contributed by atoms with Gasteiger partial charge in [0.05, 0.1) is 18.9 Å². The zero-order valence-electron chi connectivity index (χ0n) is 14.4. The van der Waals surface area contributed by atoms with Crippen molar-refractivity contribution >= 4 is 12.2 Å². The summed E-state index contributed by atoms with van der Waals surface area (Å²) >= 11 is 0.